The van der Waals surface area contributed by atoms with Crippen LogP contribution in [0, 0.1) is 0 Å². The molecule has 0 amide bonds. The van der Waals surface area contributed by atoms with Gasteiger partial charge in [-0.25, -0.2) is 0 Å². The van der Waals surface area contributed by atoms with Gasteiger partial charge in [0.05, 0.1) is 33.0 Å². The van der Waals surface area contributed by atoms with Crippen molar-refractivity contribution in [3.05, 3.63) is 0 Å². The predicted molar refractivity (Wildman–Crippen MR) is 101 cm³/mol. The fourth-order valence-corrected chi connectivity index (χ4v) is 2.37. The Kier molecular flexibility index (Phi) is 20.8. The average Bonchev–Trinajstić information content (AvgIpc) is 2.61. The molecule has 0 saturated carbocycles. The van der Waals surface area contributed by atoms with E-state index in [1.165, 1.54) is 44.9 Å². The minimum Gasteiger partial charge on any atom is -0.463 e. The maximum Gasteiger partial charge on any atom is 0.305 e. The maximum atomic E-state index is 11.1. The molecule has 0 saturated heterocycles. The third-order valence-electron chi connectivity index (χ3n) is 3.83. The van der Waals surface area contributed by atoms with Crippen LogP contribution in [0.1, 0.15) is 78.1 Å². The first-order chi connectivity index (χ1) is 12.3. The maximum absolute atomic E-state index is 11.1. The van der Waals surface area contributed by atoms with Crippen molar-refractivity contribution >= 4 is 5.97 Å². The fourth-order valence-electron chi connectivity index (χ4n) is 2.37. The highest BCUT2D eigenvalue weighted by Crippen LogP contribution is 2.08. The van der Waals surface area contributed by atoms with Gasteiger partial charge >= 0.3 is 5.97 Å². The molecule has 0 aromatic heterocycles. The highest BCUT2D eigenvalue weighted by Gasteiger charge is 1.99. The minimum atomic E-state index is -0.156. The average molecular weight is 361 g/mol. The summed E-state index contributed by atoms with van der Waals surface area (Å²) in [6.45, 7) is 8.09. The van der Waals surface area contributed by atoms with Crippen molar-refractivity contribution in [1.82, 2.24) is 0 Å². The Bertz CT molecular complexity index is 271. The first kappa shape index (κ1) is 24.4. The van der Waals surface area contributed by atoms with Gasteiger partial charge in [0.15, 0.2) is 0 Å². The van der Waals surface area contributed by atoms with Crippen molar-refractivity contribution in [3.8, 4) is 0 Å². The predicted octanol–water partition coefficient (Wildman–Crippen LogP) is 4.52. The Balaban J connectivity index is 3.02. The van der Waals surface area contributed by atoms with E-state index in [4.69, 9.17) is 18.9 Å². The first-order valence-electron chi connectivity index (χ1n) is 10.2. The topological polar surface area (TPSA) is 54.0 Å². The molecule has 0 heterocycles. The van der Waals surface area contributed by atoms with Crippen LogP contribution >= 0.6 is 0 Å². The molecule has 0 rings (SSSR count). The standard InChI is InChI=1S/C20H40O5/c1-3-5-6-7-8-9-10-11-13-22-14-15-23-16-17-24-18-19-25-20(21)12-4-2/h3-19H2,1-2H3. The summed E-state index contributed by atoms with van der Waals surface area (Å²) < 4.78 is 21.3. The largest absolute Gasteiger partial charge is 0.463 e. The minimum absolute atomic E-state index is 0.156. The second kappa shape index (κ2) is 21.4. The van der Waals surface area contributed by atoms with Gasteiger partial charge in [0, 0.05) is 13.0 Å². The molecule has 0 aromatic rings. The van der Waals surface area contributed by atoms with Gasteiger partial charge in [0.1, 0.15) is 6.61 Å². The Morgan fingerprint density at radius 3 is 1.60 bits per heavy atom. The third-order valence-corrected chi connectivity index (χ3v) is 3.83. The Labute approximate surface area is 154 Å². The van der Waals surface area contributed by atoms with Crippen molar-refractivity contribution in [2.75, 3.05) is 46.2 Å². The zero-order valence-corrected chi connectivity index (χ0v) is 16.6. The van der Waals surface area contributed by atoms with E-state index in [9.17, 15) is 4.79 Å². The molecule has 0 fully saturated rings. The van der Waals surface area contributed by atoms with Crippen LogP contribution in [-0.4, -0.2) is 52.2 Å². The highest BCUT2D eigenvalue weighted by molar-refractivity contribution is 5.69. The smallest absolute Gasteiger partial charge is 0.305 e. The van der Waals surface area contributed by atoms with Crippen LogP contribution in [0.25, 0.3) is 0 Å². The van der Waals surface area contributed by atoms with Gasteiger partial charge in [-0.3, -0.25) is 4.79 Å². The second-order valence-electron chi connectivity index (χ2n) is 6.28. The number of hydrogen-bond donors (Lipinski definition) is 0. The van der Waals surface area contributed by atoms with Crippen LogP contribution in [0.15, 0.2) is 0 Å². The van der Waals surface area contributed by atoms with Gasteiger partial charge in [-0.15, -0.1) is 0 Å². The molecule has 0 aromatic carbocycles. The lowest BCUT2D eigenvalue weighted by Gasteiger charge is -2.07. The summed E-state index contributed by atoms with van der Waals surface area (Å²) in [4.78, 5) is 11.1. The van der Waals surface area contributed by atoms with Crippen LogP contribution in [0.2, 0.25) is 0 Å². The number of hydrogen-bond acceptors (Lipinski definition) is 5. The third kappa shape index (κ3) is 21.3. The molecular formula is C20H40O5. The zero-order valence-electron chi connectivity index (χ0n) is 16.6. The van der Waals surface area contributed by atoms with Gasteiger partial charge in [-0.2, -0.15) is 0 Å². The molecule has 0 atom stereocenters. The van der Waals surface area contributed by atoms with Crippen molar-refractivity contribution in [2.45, 2.75) is 78.1 Å². The lowest BCUT2D eigenvalue weighted by Crippen LogP contribution is -2.13. The van der Waals surface area contributed by atoms with Crippen molar-refractivity contribution < 1.29 is 23.7 Å². The summed E-state index contributed by atoms with van der Waals surface area (Å²) >= 11 is 0. The molecule has 0 N–H and O–H groups in total. The van der Waals surface area contributed by atoms with Gasteiger partial charge in [-0.1, -0.05) is 58.8 Å². The summed E-state index contributed by atoms with van der Waals surface area (Å²) in [7, 11) is 0. The Morgan fingerprint density at radius 1 is 0.560 bits per heavy atom. The summed E-state index contributed by atoms with van der Waals surface area (Å²) in [5.74, 6) is -0.156. The van der Waals surface area contributed by atoms with E-state index < -0.39 is 0 Å². The van der Waals surface area contributed by atoms with E-state index in [-0.39, 0.29) is 5.97 Å². The Morgan fingerprint density at radius 2 is 1.04 bits per heavy atom. The van der Waals surface area contributed by atoms with E-state index >= 15 is 0 Å². The molecule has 5 nitrogen and oxygen atoms in total. The Hall–Kier alpha value is -0.650. The monoisotopic (exact) mass is 360 g/mol. The van der Waals surface area contributed by atoms with E-state index in [1.807, 2.05) is 6.92 Å². The molecule has 5 heteroatoms. The molecule has 0 radical (unpaired) electrons. The molecule has 0 bridgehead atoms. The molecular weight excluding hydrogens is 320 g/mol. The van der Waals surface area contributed by atoms with Crippen molar-refractivity contribution in [1.29, 1.82) is 0 Å². The summed E-state index contributed by atoms with van der Waals surface area (Å²) in [6, 6.07) is 0. The fraction of sp³-hybridized carbons (Fsp3) is 0.950. The lowest BCUT2D eigenvalue weighted by atomic mass is 10.1. The number of esters is 1. The number of carbonyl (C=O) groups excluding carboxylic acids is 1. The van der Waals surface area contributed by atoms with E-state index in [2.05, 4.69) is 6.92 Å². The quantitative estimate of drug-likeness (QED) is 0.236. The second-order valence-corrected chi connectivity index (χ2v) is 6.28. The van der Waals surface area contributed by atoms with Crippen LogP contribution in [0.5, 0.6) is 0 Å². The van der Waals surface area contributed by atoms with Gasteiger partial charge < -0.3 is 18.9 Å². The normalized spacial score (nSPS) is 11.0. The lowest BCUT2D eigenvalue weighted by molar-refractivity contribution is -0.145. The molecule has 0 aliphatic rings. The van der Waals surface area contributed by atoms with Crippen LogP contribution in [0.4, 0.5) is 0 Å². The summed E-state index contributed by atoms with van der Waals surface area (Å²) in [5, 5.41) is 0. The zero-order chi connectivity index (χ0) is 18.4. The van der Waals surface area contributed by atoms with E-state index in [1.54, 1.807) is 0 Å². The molecule has 0 aliphatic heterocycles. The first-order valence-corrected chi connectivity index (χ1v) is 10.2. The van der Waals surface area contributed by atoms with Crippen molar-refractivity contribution in [3.63, 3.8) is 0 Å². The van der Waals surface area contributed by atoms with Crippen LogP contribution < -0.4 is 0 Å². The highest BCUT2D eigenvalue weighted by atomic mass is 16.6. The van der Waals surface area contributed by atoms with Gasteiger partial charge in [0.2, 0.25) is 0 Å². The van der Waals surface area contributed by atoms with Crippen molar-refractivity contribution in [2.24, 2.45) is 0 Å². The molecule has 150 valence electrons. The number of ether oxygens (including phenoxy) is 4. The van der Waals surface area contributed by atoms with Gasteiger partial charge in [0.25, 0.3) is 0 Å². The van der Waals surface area contributed by atoms with E-state index in [0.29, 0.717) is 46.1 Å². The molecule has 0 unspecified atom stereocenters. The summed E-state index contributed by atoms with van der Waals surface area (Å²) in [5.41, 5.74) is 0. The molecule has 0 spiro atoms. The van der Waals surface area contributed by atoms with Crippen LogP contribution in [0.3, 0.4) is 0 Å². The SMILES string of the molecule is CCCCCCCCCCOCCOCCOCCOC(=O)CCC. The van der Waals surface area contributed by atoms with E-state index in [0.717, 1.165) is 19.4 Å². The van der Waals surface area contributed by atoms with Crippen LogP contribution in [-0.2, 0) is 23.7 Å². The van der Waals surface area contributed by atoms with Gasteiger partial charge in [-0.05, 0) is 12.8 Å². The number of rotatable bonds is 20. The summed E-state index contributed by atoms with van der Waals surface area (Å²) in [6.07, 6.45) is 11.9. The molecule has 25 heavy (non-hydrogen) atoms. The number of unbranched alkanes of at least 4 members (excludes halogenated alkanes) is 7. The number of carbonyl (C=O) groups is 1. The molecule has 0 aliphatic carbocycles.